The molecule has 4 heterocycles. The number of amides is 1. The summed E-state index contributed by atoms with van der Waals surface area (Å²) in [5, 5.41) is 4.97. The van der Waals surface area contributed by atoms with Crippen LogP contribution in [0.5, 0.6) is 0 Å². The Labute approximate surface area is 143 Å². The number of aromatic nitrogens is 5. The topological polar surface area (TPSA) is 68.3 Å². The van der Waals surface area contributed by atoms with Crippen LogP contribution >= 0.6 is 11.6 Å². The van der Waals surface area contributed by atoms with Crippen molar-refractivity contribution in [3.05, 3.63) is 46.8 Å². The van der Waals surface area contributed by atoms with Gasteiger partial charge in [-0.2, -0.15) is 5.10 Å². The first-order chi connectivity index (χ1) is 11.6. The lowest BCUT2D eigenvalue weighted by Gasteiger charge is -2.24. The summed E-state index contributed by atoms with van der Waals surface area (Å²) in [6.07, 6.45) is 7.03. The Morgan fingerprint density at radius 2 is 2.25 bits per heavy atom. The summed E-state index contributed by atoms with van der Waals surface area (Å²) in [7, 11) is 1.81. The monoisotopic (exact) mass is 344 g/mol. The van der Waals surface area contributed by atoms with Crippen molar-refractivity contribution in [1.82, 2.24) is 29.0 Å². The van der Waals surface area contributed by atoms with Crippen LogP contribution in [0.1, 0.15) is 40.6 Å². The number of imidazole rings is 1. The molecule has 124 valence electrons. The maximum Gasteiger partial charge on any atom is 0.274 e. The molecule has 0 N–H and O–H groups in total. The van der Waals surface area contributed by atoms with Crippen molar-refractivity contribution in [2.75, 3.05) is 6.54 Å². The predicted molar refractivity (Wildman–Crippen MR) is 89.0 cm³/mol. The highest BCUT2D eigenvalue weighted by atomic mass is 35.5. The van der Waals surface area contributed by atoms with Gasteiger partial charge in [-0.15, -0.1) is 0 Å². The molecule has 0 aliphatic carbocycles. The maximum atomic E-state index is 13.0. The Hall–Kier alpha value is -2.41. The molecule has 0 saturated carbocycles. The quantitative estimate of drug-likeness (QED) is 0.716. The predicted octanol–water partition coefficient (Wildman–Crippen LogP) is 2.40. The first kappa shape index (κ1) is 15.1. The lowest BCUT2D eigenvalue weighted by molar-refractivity contribution is 0.0730. The van der Waals surface area contributed by atoms with Gasteiger partial charge in [0.25, 0.3) is 5.91 Å². The summed E-state index contributed by atoms with van der Waals surface area (Å²) in [5.74, 6) is 0.425. The molecule has 0 radical (unpaired) electrons. The summed E-state index contributed by atoms with van der Waals surface area (Å²) in [5.41, 5.74) is 2.20. The molecule has 1 atom stereocenters. The van der Waals surface area contributed by atoms with Crippen molar-refractivity contribution in [2.24, 2.45) is 7.05 Å². The molecule has 1 saturated heterocycles. The average molecular weight is 345 g/mol. The van der Waals surface area contributed by atoms with E-state index in [0.717, 1.165) is 24.1 Å². The molecular weight excluding hydrogens is 328 g/mol. The first-order valence-electron chi connectivity index (χ1n) is 7.86. The van der Waals surface area contributed by atoms with Gasteiger partial charge in [-0.05, 0) is 25.8 Å². The Bertz CT molecular complexity index is 897. The van der Waals surface area contributed by atoms with E-state index in [1.165, 1.54) is 0 Å². The SMILES string of the molecule is Cc1nn(C)c(Cl)c1[C@H]1CCCN1C(=O)c1cn2cccnc2n1. The van der Waals surface area contributed by atoms with Crippen LogP contribution < -0.4 is 0 Å². The number of likely N-dealkylation sites (tertiary alicyclic amines) is 1. The molecule has 0 unspecified atom stereocenters. The normalized spacial score (nSPS) is 17.8. The molecular formula is C16H17ClN6O. The Kier molecular flexibility index (Phi) is 3.53. The minimum atomic E-state index is -0.0951. The minimum absolute atomic E-state index is 0.0588. The van der Waals surface area contributed by atoms with E-state index in [1.807, 2.05) is 25.1 Å². The molecule has 8 heteroatoms. The molecule has 0 spiro atoms. The van der Waals surface area contributed by atoms with Gasteiger partial charge in [0.1, 0.15) is 10.8 Å². The number of hydrogen-bond acceptors (Lipinski definition) is 4. The fraction of sp³-hybridized carbons (Fsp3) is 0.375. The molecule has 0 bridgehead atoms. The van der Waals surface area contributed by atoms with E-state index in [9.17, 15) is 4.79 Å². The third-order valence-corrected chi connectivity index (χ3v) is 4.95. The van der Waals surface area contributed by atoms with Crippen molar-refractivity contribution in [2.45, 2.75) is 25.8 Å². The van der Waals surface area contributed by atoms with E-state index >= 15 is 0 Å². The summed E-state index contributed by atoms with van der Waals surface area (Å²) >= 11 is 6.41. The van der Waals surface area contributed by atoms with E-state index in [4.69, 9.17) is 11.6 Å². The molecule has 1 aliphatic rings. The van der Waals surface area contributed by atoms with Gasteiger partial charge in [0, 0.05) is 37.7 Å². The Balaban J connectivity index is 1.70. The largest absolute Gasteiger partial charge is 0.330 e. The fourth-order valence-electron chi connectivity index (χ4n) is 3.42. The highest BCUT2D eigenvalue weighted by molar-refractivity contribution is 6.30. The number of aryl methyl sites for hydroxylation is 2. The van der Waals surface area contributed by atoms with Crippen LogP contribution in [0.4, 0.5) is 0 Å². The maximum absolute atomic E-state index is 13.0. The third kappa shape index (κ3) is 2.27. The number of hydrogen-bond donors (Lipinski definition) is 0. The number of nitrogens with zero attached hydrogens (tertiary/aromatic N) is 6. The number of carbonyl (C=O) groups excluding carboxylic acids is 1. The zero-order valence-corrected chi connectivity index (χ0v) is 14.2. The minimum Gasteiger partial charge on any atom is -0.330 e. The van der Waals surface area contributed by atoms with Crippen molar-refractivity contribution < 1.29 is 4.79 Å². The Morgan fingerprint density at radius 1 is 1.42 bits per heavy atom. The van der Waals surface area contributed by atoms with Gasteiger partial charge in [-0.25, -0.2) is 9.97 Å². The summed E-state index contributed by atoms with van der Waals surface area (Å²) in [6, 6.07) is 1.75. The Morgan fingerprint density at radius 3 is 2.96 bits per heavy atom. The molecule has 3 aromatic rings. The average Bonchev–Trinajstić information content (AvgIpc) is 3.25. The van der Waals surface area contributed by atoms with Gasteiger partial charge in [0.05, 0.1) is 11.7 Å². The highest BCUT2D eigenvalue weighted by Crippen LogP contribution is 2.38. The highest BCUT2D eigenvalue weighted by Gasteiger charge is 2.35. The first-order valence-corrected chi connectivity index (χ1v) is 8.23. The number of fused-ring (bicyclic) bond motifs is 1. The number of carbonyl (C=O) groups is 1. The van der Waals surface area contributed by atoms with Crippen LogP contribution in [0, 0.1) is 6.92 Å². The second kappa shape index (κ2) is 5.59. The van der Waals surface area contributed by atoms with Gasteiger partial charge in [0.15, 0.2) is 0 Å². The van der Waals surface area contributed by atoms with Gasteiger partial charge in [-0.3, -0.25) is 13.9 Å². The third-order valence-electron chi connectivity index (χ3n) is 4.50. The summed E-state index contributed by atoms with van der Waals surface area (Å²) in [4.78, 5) is 23.3. The molecule has 3 aromatic heterocycles. The van der Waals surface area contributed by atoms with Crippen LogP contribution in [-0.2, 0) is 7.05 Å². The fourth-order valence-corrected chi connectivity index (χ4v) is 3.72. The zero-order valence-electron chi connectivity index (χ0n) is 13.5. The van der Waals surface area contributed by atoms with E-state index in [1.54, 1.807) is 27.5 Å². The van der Waals surface area contributed by atoms with Crippen LogP contribution in [-0.4, -0.2) is 41.5 Å². The van der Waals surface area contributed by atoms with Crippen LogP contribution in [0.15, 0.2) is 24.7 Å². The van der Waals surface area contributed by atoms with E-state index in [-0.39, 0.29) is 11.9 Å². The molecule has 7 nitrogen and oxygen atoms in total. The van der Waals surface area contributed by atoms with Gasteiger partial charge in [-0.1, -0.05) is 11.6 Å². The second-order valence-electron chi connectivity index (χ2n) is 6.02. The molecule has 0 aromatic carbocycles. The van der Waals surface area contributed by atoms with Crippen molar-refractivity contribution >= 4 is 23.3 Å². The smallest absolute Gasteiger partial charge is 0.274 e. The molecule has 4 rings (SSSR count). The van der Waals surface area contributed by atoms with E-state index < -0.39 is 0 Å². The number of rotatable bonds is 2. The van der Waals surface area contributed by atoms with Crippen LogP contribution in [0.25, 0.3) is 5.78 Å². The summed E-state index contributed by atoms with van der Waals surface area (Å²) < 4.78 is 3.41. The summed E-state index contributed by atoms with van der Waals surface area (Å²) in [6.45, 7) is 2.62. The van der Waals surface area contributed by atoms with Crippen LogP contribution in [0.2, 0.25) is 5.15 Å². The molecule has 1 aliphatic heterocycles. The van der Waals surface area contributed by atoms with E-state index in [0.29, 0.717) is 23.2 Å². The van der Waals surface area contributed by atoms with Crippen molar-refractivity contribution in [3.63, 3.8) is 0 Å². The van der Waals surface area contributed by atoms with E-state index in [2.05, 4.69) is 15.1 Å². The number of halogens is 1. The second-order valence-corrected chi connectivity index (χ2v) is 6.38. The lowest BCUT2D eigenvalue weighted by atomic mass is 10.1. The van der Waals surface area contributed by atoms with Gasteiger partial charge in [0.2, 0.25) is 5.78 Å². The molecule has 24 heavy (non-hydrogen) atoms. The molecule has 1 amide bonds. The molecule has 1 fully saturated rings. The van der Waals surface area contributed by atoms with Gasteiger partial charge < -0.3 is 4.90 Å². The lowest BCUT2D eigenvalue weighted by Crippen LogP contribution is -2.31. The van der Waals surface area contributed by atoms with Crippen molar-refractivity contribution in [3.8, 4) is 0 Å². The van der Waals surface area contributed by atoms with Crippen molar-refractivity contribution in [1.29, 1.82) is 0 Å². The standard InChI is InChI=1S/C16H17ClN6O/c1-10-13(14(17)21(2)20-10)12-5-3-8-23(12)15(24)11-9-22-7-4-6-18-16(22)19-11/h4,6-7,9,12H,3,5,8H2,1-2H3/t12-/m1/s1. The van der Waals surface area contributed by atoms with Gasteiger partial charge >= 0.3 is 0 Å². The van der Waals surface area contributed by atoms with Crippen LogP contribution in [0.3, 0.4) is 0 Å². The zero-order chi connectivity index (χ0) is 16.8.